The highest BCUT2D eigenvalue weighted by Crippen LogP contribution is 2.20. The van der Waals surface area contributed by atoms with Crippen LogP contribution < -0.4 is 15.0 Å². The minimum absolute atomic E-state index is 0.308. The average molecular weight is 289 g/mol. The molecule has 21 heavy (non-hydrogen) atoms. The molecule has 7 heteroatoms. The number of nitrogens with zero attached hydrogens (tertiary/aromatic N) is 4. The Bertz CT molecular complexity index is 567. The summed E-state index contributed by atoms with van der Waals surface area (Å²) in [4.78, 5) is 15.3. The quantitative estimate of drug-likeness (QED) is 0.872. The molecule has 0 aromatic carbocycles. The lowest BCUT2D eigenvalue weighted by atomic mass is 10.4. The second-order valence-corrected chi connectivity index (χ2v) is 4.83. The SMILES string of the molecule is CCNc1nc(OCc2ccco2)nc(N2CCCC2)n1. The fourth-order valence-corrected chi connectivity index (χ4v) is 2.24. The Labute approximate surface area is 123 Å². The number of furan rings is 1. The number of nitrogens with one attached hydrogen (secondary N) is 1. The van der Waals surface area contributed by atoms with Gasteiger partial charge in [0.2, 0.25) is 11.9 Å². The van der Waals surface area contributed by atoms with Crippen molar-refractivity contribution in [2.45, 2.75) is 26.4 Å². The summed E-state index contributed by atoms with van der Waals surface area (Å²) in [6.45, 7) is 5.02. The van der Waals surface area contributed by atoms with E-state index in [2.05, 4.69) is 25.2 Å². The lowest BCUT2D eigenvalue weighted by Gasteiger charge is -2.16. The first-order chi connectivity index (χ1) is 10.3. The summed E-state index contributed by atoms with van der Waals surface area (Å²) in [5.74, 6) is 1.96. The highest BCUT2D eigenvalue weighted by molar-refractivity contribution is 5.39. The van der Waals surface area contributed by atoms with Gasteiger partial charge in [-0.15, -0.1) is 0 Å². The second kappa shape index (κ2) is 6.43. The van der Waals surface area contributed by atoms with Crippen molar-refractivity contribution >= 4 is 11.9 Å². The summed E-state index contributed by atoms with van der Waals surface area (Å²) in [5, 5.41) is 3.11. The van der Waals surface area contributed by atoms with Gasteiger partial charge in [-0.3, -0.25) is 0 Å². The first kappa shape index (κ1) is 13.7. The fourth-order valence-electron chi connectivity index (χ4n) is 2.24. The van der Waals surface area contributed by atoms with Gasteiger partial charge in [-0.25, -0.2) is 0 Å². The fraction of sp³-hybridized carbons (Fsp3) is 0.500. The summed E-state index contributed by atoms with van der Waals surface area (Å²) in [6, 6.07) is 4.00. The largest absolute Gasteiger partial charge is 0.466 e. The molecule has 2 aromatic rings. The second-order valence-electron chi connectivity index (χ2n) is 4.83. The van der Waals surface area contributed by atoms with Gasteiger partial charge in [0.1, 0.15) is 12.4 Å². The van der Waals surface area contributed by atoms with E-state index in [1.807, 2.05) is 19.1 Å². The molecule has 1 aliphatic rings. The van der Waals surface area contributed by atoms with Crippen LogP contribution in [-0.4, -0.2) is 34.6 Å². The van der Waals surface area contributed by atoms with Crippen LogP contribution in [0.5, 0.6) is 6.01 Å². The summed E-state index contributed by atoms with van der Waals surface area (Å²) < 4.78 is 10.9. The van der Waals surface area contributed by atoms with Gasteiger partial charge in [0.05, 0.1) is 6.26 Å². The number of aromatic nitrogens is 3. The molecule has 0 radical (unpaired) electrons. The third-order valence-corrected chi connectivity index (χ3v) is 3.25. The standard InChI is InChI=1S/C14H19N5O2/c1-2-15-12-16-13(19-7-3-4-8-19)18-14(17-12)21-10-11-6-5-9-20-11/h5-6,9H,2-4,7-8,10H2,1H3,(H,15,16,17,18). The van der Waals surface area contributed by atoms with Crippen LogP contribution in [-0.2, 0) is 6.61 Å². The number of hydrogen-bond acceptors (Lipinski definition) is 7. The zero-order valence-corrected chi connectivity index (χ0v) is 12.1. The van der Waals surface area contributed by atoms with E-state index >= 15 is 0 Å². The van der Waals surface area contributed by atoms with Crippen molar-refractivity contribution in [1.29, 1.82) is 0 Å². The predicted molar refractivity (Wildman–Crippen MR) is 78.5 cm³/mol. The first-order valence-electron chi connectivity index (χ1n) is 7.25. The molecule has 0 spiro atoms. The molecule has 1 aliphatic heterocycles. The molecule has 1 saturated heterocycles. The molecule has 0 saturated carbocycles. The van der Waals surface area contributed by atoms with Gasteiger partial charge in [0.25, 0.3) is 0 Å². The molecule has 1 fully saturated rings. The molecular weight excluding hydrogens is 270 g/mol. The Morgan fingerprint density at radius 1 is 1.29 bits per heavy atom. The van der Waals surface area contributed by atoms with Crippen molar-refractivity contribution in [3.05, 3.63) is 24.2 Å². The maximum absolute atomic E-state index is 5.61. The Morgan fingerprint density at radius 3 is 2.86 bits per heavy atom. The van der Waals surface area contributed by atoms with Gasteiger partial charge < -0.3 is 19.4 Å². The lowest BCUT2D eigenvalue weighted by molar-refractivity contribution is 0.250. The van der Waals surface area contributed by atoms with Gasteiger partial charge >= 0.3 is 6.01 Å². The van der Waals surface area contributed by atoms with Crippen LogP contribution in [0.3, 0.4) is 0 Å². The van der Waals surface area contributed by atoms with Crippen molar-refractivity contribution in [1.82, 2.24) is 15.0 Å². The summed E-state index contributed by atoms with van der Waals surface area (Å²) in [6.07, 6.45) is 3.96. The van der Waals surface area contributed by atoms with Gasteiger partial charge in [-0.05, 0) is 31.9 Å². The molecule has 3 heterocycles. The molecule has 1 N–H and O–H groups in total. The molecular formula is C14H19N5O2. The van der Waals surface area contributed by atoms with Crippen LogP contribution in [0.15, 0.2) is 22.8 Å². The monoisotopic (exact) mass is 289 g/mol. The predicted octanol–water partition coefficient (Wildman–Crippen LogP) is 2.08. The maximum Gasteiger partial charge on any atom is 0.323 e. The van der Waals surface area contributed by atoms with Crippen molar-refractivity contribution in [3.8, 4) is 6.01 Å². The number of ether oxygens (including phenoxy) is 1. The number of anilines is 2. The molecule has 2 aromatic heterocycles. The minimum Gasteiger partial charge on any atom is -0.466 e. The van der Waals surface area contributed by atoms with Crippen LogP contribution in [0.2, 0.25) is 0 Å². The van der Waals surface area contributed by atoms with Gasteiger partial charge in [0, 0.05) is 19.6 Å². The maximum atomic E-state index is 5.61. The number of hydrogen-bond donors (Lipinski definition) is 1. The van der Waals surface area contributed by atoms with Gasteiger partial charge in [0.15, 0.2) is 0 Å². The minimum atomic E-state index is 0.308. The van der Waals surface area contributed by atoms with E-state index in [4.69, 9.17) is 9.15 Å². The summed E-state index contributed by atoms with van der Waals surface area (Å²) in [7, 11) is 0. The average Bonchev–Trinajstić information content (AvgIpc) is 3.19. The first-order valence-corrected chi connectivity index (χ1v) is 7.25. The van der Waals surface area contributed by atoms with E-state index in [1.165, 1.54) is 12.8 Å². The summed E-state index contributed by atoms with van der Waals surface area (Å²) in [5.41, 5.74) is 0. The van der Waals surface area contributed by atoms with Crippen LogP contribution in [0.1, 0.15) is 25.5 Å². The summed E-state index contributed by atoms with van der Waals surface area (Å²) >= 11 is 0. The highest BCUT2D eigenvalue weighted by atomic mass is 16.5. The van der Waals surface area contributed by atoms with Gasteiger partial charge in [-0.2, -0.15) is 15.0 Å². The van der Waals surface area contributed by atoms with E-state index in [-0.39, 0.29) is 0 Å². The molecule has 0 atom stereocenters. The van der Waals surface area contributed by atoms with Crippen LogP contribution in [0.25, 0.3) is 0 Å². The Kier molecular flexibility index (Phi) is 4.18. The highest BCUT2D eigenvalue weighted by Gasteiger charge is 2.18. The van der Waals surface area contributed by atoms with Crippen LogP contribution in [0.4, 0.5) is 11.9 Å². The van der Waals surface area contributed by atoms with E-state index in [0.29, 0.717) is 24.5 Å². The normalized spacial score (nSPS) is 14.4. The molecule has 7 nitrogen and oxygen atoms in total. The zero-order chi connectivity index (χ0) is 14.5. The van der Waals surface area contributed by atoms with E-state index in [0.717, 1.165) is 25.4 Å². The van der Waals surface area contributed by atoms with E-state index in [9.17, 15) is 0 Å². The molecule has 0 aliphatic carbocycles. The Balaban J connectivity index is 1.77. The third-order valence-electron chi connectivity index (χ3n) is 3.25. The van der Waals surface area contributed by atoms with E-state index in [1.54, 1.807) is 6.26 Å². The van der Waals surface area contributed by atoms with Gasteiger partial charge in [-0.1, -0.05) is 0 Å². The van der Waals surface area contributed by atoms with Crippen molar-refractivity contribution in [2.24, 2.45) is 0 Å². The molecule has 3 rings (SSSR count). The van der Waals surface area contributed by atoms with Crippen LogP contribution in [0, 0.1) is 0 Å². The van der Waals surface area contributed by atoms with E-state index < -0.39 is 0 Å². The molecule has 0 amide bonds. The number of rotatable bonds is 6. The topological polar surface area (TPSA) is 76.3 Å². The smallest absolute Gasteiger partial charge is 0.323 e. The zero-order valence-electron chi connectivity index (χ0n) is 12.1. The van der Waals surface area contributed by atoms with Crippen molar-refractivity contribution in [2.75, 3.05) is 29.9 Å². The van der Waals surface area contributed by atoms with Crippen molar-refractivity contribution < 1.29 is 9.15 Å². The molecule has 0 unspecified atom stereocenters. The lowest BCUT2D eigenvalue weighted by Crippen LogP contribution is -2.22. The Morgan fingerprint density at radius 2 is 2.14 bits per heavy atom. The van der Waals surface area contributed by atoms with Crippen molar-refractivity contribution in [3.63, 3.8) is 0 Å². The Hall–Kier alpha value is -2.31. The van der Waals surface area contributed by atoms with Crippen LogP contribution >= 0.6 is 0 Å². The molecule has 112 valence electrons. The third kappa shape index (κ3) is 3.42. The molecule has 0 bridgehead atoms.